The summed E-state index contributed by atoms with van der Waals surface area (Å²) in [6, 6.07) is 1.18. The normalized spacial score (nSPS) is 21.5. The van der Waals surface area contributed by atoms with Crippen molar-refractivity contribution in [1.82, 2.24) is 9.55 Å². The first-order chi connectivity index (χ1) is 10.7. The van der Waals surface area contributed by atoms with E-state index in [-0.39, 0.29) is 6.61 Å². The maximum Gasteiger partial charge on any atom is 0.330 e. The zero-order chi connectivity index (χ0) is 17.2. The Morgan fingerprint density at radius 2 is 2.09 bits per heavy atom. The van der Waals surface area contributed by atoms with E-state index in [1.807, 2.05) is 6.08 Å². The van der Waals surface area contributed by atoms with Crippen LogP contribution >= 0.6 is 11.8 Å². The fourth-order valence-electron chi connectivity index (χ4n) is 2.19. The lowest BCUT2D eigenvalue weighted by Crippen LogP contribution is -2.33. The van der Waals surface area contributed by atoms with Gasteiger partial charge >= 0.3 is 5.69 Å². The first-order valence-electron chi connectivity index (χ1n) is 7.64. The second-order valence-corrected chi connectivity index (χ2v) is 13.7. The summed E-state index contributed by atoms with van der Waals surface area (Å²) < 4.78 is 7.11. The van der Waals surface area contributed by atoms with Gasteiger partial charge in [0.05, 0.1) is 6.61 Å². The number of aromatic amines is 1. The van der Waals surface area contributed by atoms with Gasteiger partial charge in [-0.15, -0.1) is 11.8 Å². The van der Waals surface area contributed by atoms with Crippen LogP contribution in [0.5, 0.6) is 0 Å². The van der Waals surface area contributed by atoms with Crippen LogP contribution in [0, 0.1) is 6.92 Å². The Labute approximate surface area is 140 Å². The fraction of sp³-hybridized carbons (Fsp3) is 0.600. The van der Waals surface area contributed by atoms with E-state index in [4.69, 9.17) is 4.74 Å². The maximum atomic E-state index is 12.0. The van der Waals surface area contributed by atoms with Crippen molar-refractivity contribution < 1.29 is 9.84 Å². The van der Waals surface area contributed by atoms with Crippen LogP contribution in [0.3, 0.4) is 0 Å². The minimum Gasteiger partial charge on any atom is -0.393 e. The lowest BCUT2D eigenvalue weighted by Gasteiger charge is -2.17. The van der Waals surface area contributed by atoms with Gasteiger partial charge in [0, 0.05) is 24.7 Å². The summed E-state index contributed by atoms with van der Waals surface area (Å²) in [6.07, 6.45) is 2.34. The largest absolute Gasteiger partial charge is 0.393 e. The summed E-state index contributed by atoms with van der Waals surface area (Å²) >= 11 is 1.68. The molecule has 0 fully saturated rings. The SMILES string of the molecule is Cc1cn([C@H]2C=C(SCC[Si](C)(C)C)[C@@H](CO)O2)c(=O)[nH]c1=O. The van der Waals surface area contributed by atoms with E-state index >= 15 is 0 Å². The van der Waals surface area contributed by atoms with Crippen molar-refractivity contribution >= 4 is 19.8 Å². The molecule has 23 heavy (non-hydrogen) atoms. The predicted molar refractivity (Wildman–Crippen MR) is 95.7 cm³/mol. The Morgan fingerprint density at radius 3 is 2.70 bits per heavy atom. The summed E-state index contributed by atoms with van der Waals surface area (Å²) in [6.45, 7) is 8.48. The summed E-state index contributed by atoms with van der Waals surface area (Å²) in [4.78, 5) is 26.6. The van der Waals surface area contributed by atoms with Crippen molar-refractivity contribution in [2.75, 3.05) is 12.4 Å². The molecule has 8 heteroatoms. The third-order valence-corrected chi connectivity index (χ3v) is 6.89. The molecule has 0 saturated carbocycles. The Hall–Kier alpha value is -1.09. The molecular weight excluding hydrogens is 332 g/mol. The van der Waals surface area contributed by atoms with E-state index in [0.29, 0.717) is 5.56 Å². The number of aliphatic hydroxyl groups is 1. The maximum absolute atomic E-state index is 12.0. The second-order valence-electron chi connectivity index (χ2n) is 6.90. The molecule has 1 aromatic heterocycles. The molecular formula is C15H24N2O4SSi. The molecule has 2 atom stereocenters. The number of aliphatic hydroxyl groups excluding tert-OH is 1. The van der Waals surface area contributed by atoms with E-state index in [1.165, 1.54) is 16.8 Å². The quantitative estimate of drug-likeness (QED) is 0.758. The highest BCUT2D eigenvalue weighted by molar-refractivity contribution is 8.03. The van der Waals surface area contributed by atoms with Gasteiger partial charge < -0.3 is 9.84 Å². The molecule has 2 rings (SSSR count). The zero-order valence-electron chi connectivity index (χ0n) is 14.0. The lowest BCUT2D eigenvalue weighted by atomic mass is 10.3. The standard InChI is InChI=1S/C15H24N2O4SSi/c1-10-8-17(15(20)16-14(10)19)13-7-12(11(9-18)21-13)22-5-6-23(2,3)4/h7-8,11,13,18H,5-6,9H2,1-4H3,(H,16,19,20)/t11-,13-/m1/s1. The molecule has 1 aromatic rings. The van der Waals surface area contributed by atoms with Gasteiger partial charge in [-0.1, -0.05) is 19.6 Å². The van der Waals surface area contributed by atoms with Gasteiger partial charge in [0.1, 0.15) is 6.10 Å². The molecule has 0 unspecified atom stereocenters. The van der Waals surface area contributed by atoms with Gasteiger partial charge in [-0.2, -0.15) is 0 Å². The average molecular weight is 357 g/mol. The third kappa shape index (κ3) is 4.69. The van der Waals surface area contributed by atoms with Crippen LogP contribution in [-0.4, -0.2) is 41.2 Å². The van der Waals surface area contributed by atoms with Crippen molar-refractivity contribution in [3.8, 4) is 0 Å². The zero-order valence-corrected chi connectivity index (χ0v) is 15.8. The van der Waals surface area contributed by atoms with Crippen LogP contribution in [0.1, 0.15) is 11.8 Å². The molecule has 0 spiro atoms. The van der Waals surface area contributed by atoms with Gasteiger partial charge in [0.15, 0.2) is 6.23 Å². The van der Waals surface area contributed by atoms with Gasteiger partial charge in [-0.3, -0.25) is 14.3 Å². The van der Waals surface area contributed by atoms with E-state index in [1.54, 1.807) is 18.7 Å². The molecule has 0 aromatic carbocycles. The lowest BCUT2D eigenvalue weighted by molar-refractivity contribution is -0.0115. The van der Waals surface area contributed by atoms with Crippen LogP contribution in [0.25, 0.3) is 0 Å². The van der Waals surface area contributed by atoms with Crippen LogP contribution in [0.2, 0.25) is 25.7 Å². The molecule has 2 N–H and O–H groups in total. The van der Waals surface area contributed by atoms with E-state index < -0.39 is 31.7 Å². The molecule has 128 valence electrons. The highest BCUT2D eigenvalue weighted by Crippen LogP contribution is 2.34. The van der Waals surface area contributed by atoms with E-state index in [2.05, 4.69) is 24.6 Å². The number of aromatic nitrogens is 2. The minimum absolute atomic E-state index is 0.126. The van der Waals surface area contributed by atoms with E-state index in [0.717, 1.165) is 10.7 Å². The Morgan fingerprint density at radius 1 is 1.39 bits per heavy atom. The molecule has 0 bridgehead atoms. The smallest absolute Gasteiger partial charge is 0.330 e. The Bertz CT molecular complexity index is 705. The van der Waals surface area contributed by atoms with Crippen LogP contribution in [0.4, 0.5) is 0 Å². The second kappa shape index (κ2) is 7.21. The van der Waals surface area contributed by atoms with Gasteiger partial charge in [0.2, 0.25) is 0 Å². The molecule has 1 aliphatic rings. The number of thioether (sulfide) groups is 1. The number of rotatable bonds is 6. The molecule has 0 radical (unpaired) electrons. The summed E-state index contributed by atoms with van der Waals surface area (Å²) in [5, 5.41) is 9.51. The Kier molecular flexibility index (Phi) is 5.72. The number of nitrogens with one attached hydrogen (secondary N) is 1. The third-order valence-electron chi connectivity index (χ3n) is 3.63. The number of aryl methyl sites for hydroxylation is 1. The number of H-pyrrole nitrogens is 1. The van der Waals surface area contributed by atoms with Crippen LogP contribution in [0.15, 0.2) is 26.8 Å². The van der Waals surface area contributed by atoms with E-state index in [9.17, 15) is 14.7 Å². The number of hydrogen-bond donors (Lipinski definition) is 2. The molecule has 6 nitrogen and oxygen atoms in total. The van der Waals surface area contributed by atoms with Crippen molar-refractivity contribution in [2.45, 2.75) is 44.9 Å². The number of ether oxygens (including phenoxy) is 1. The molecule has 0 aliphatic carbocycles. The van der Waals surface area contributed by atoms with Crippen molar-refractivity contribution in [2.24, 2.45) is 0 Å². The van der Waals surface area contributed by atoms with Crippen molar-refractivity contribution in [3.63, 3.8) is 0 Å². The van der Waals surface area contributed by atoms with Gasteiger partial charge in [-0.25, -0.2) is 4.79 Å². The summed E-state index contributed by atoms with van der Waals surface area (Å²) in [5.74, 6) is 0.980. The highest BCUT2D eigenvalue weighted by Gasteiger charge is 2.29. The van der Waals surface area contributed by atoms with Gasteiger partial charge in [0.25, 0.3) is 5.56 Å². The molecule has 2 heterocycles. The topological polar surface area (TPSA) is 84.3 Å². The van der Waals surface area contributed by atoms with Crippen molar-refractivity contribution in [1.29, 1.82) is 0 Å². The van der Waals surface area contributed by atoms with Crippen LogP contribution < -0.4 is 11.2 Å². The number of nitrogens with zero attached hydrogens (tertiary/aromatic N) is 1. The van der Waals surface area contributed by atoms with Crippen LogP contribution in [-0.2, 0) is 4.74 Å². The molecule has 0 saturated heterocycles. The molecule has 0 amide bonds. The summed E-state index contributed by atoms with van der Waals surface area (Å²) in [7, 11) is -1.11. The average Bonchev–Trinajstić information content (AvgIpc) is 2.84. The fourth-order valence-corrected chi connectivity index (χ4v) is 5.81. The van der Waals surface area contributed by atoms with Crippen molar-refractivity contribution in [3.05, 3.63) is 43.6 Å². The highest BCUT2D eigenvalue weighted by atomic mass is 32.2. The predicted octanol–water partition coefficient (Wildman–Crippen LogP) is 1.69. The first kappa shape index (κ1) is 18.2. The van der Waals surface area contributed by atoms with Gasteiger partial charge in [-0.05, 0) is 24.8 Å². The monoisotopic (exact) mass is 356 g/mol. The Balaban J connectivity index is 2.17. The number of hydrogen-bond acceptors (Lipinski definition) is 5. The molecule has 1 aliphatic heterocycles. The minimum atomic E-state index is -1.11. The first-order valence-corrected chi connectivity index (χ1v) is 12.3. The summed E-state index contributed by atoms with van der Waals surface area (Å²) in [5.41, 5.74) is -0.453.